The summed E-state index contributed by atoms with van der Waals surface area (Å²) in [6.07, 6.45) is -26.5. The molecule has 0 aromatic rings. The van der Waals surface area contributed by atoms with Crippen LogP contribution in [0.4, 0.5) is 149 Å². The number of aliphatic hydroxyl groups excluding tert-OH is 2. The number of alkyl halides is 34. The molecule has 1 aliphatic carbocycles. The molecular formula is C56H47F34N5O4. The average molecular weight is 1500 g/mol. The predicted octanol–water partition coefficient (Wildman–Crippen LogP) is 17.8. The number of hydrogen-bond donors (Lipinski definition) is 3. The van der Waals surface area contributed by atoms with Crippen LogP contribution in [0.5, 0.6) is 0 Å². The lowest BCUT2D eigenvalue weighted by molar-refractivity contribution is -0.461. The van der Waals surface area contributed by atoms with Crippen molar-refractivity contribution in [3.05, 3.63) is 91.5 Å². The summed E-state index contributed by atoms with van der Waals surface area (Å²) in [6, 6.07) is 0. The van der Waals surface area contributed by atoms with Gasteiger partial charge < -0.3 is 20.4 Å². The summed E-state index contributed by atoms with van der Waals surface area (Å²) in [6.45, 7) is 3.83. The van der Waals surface area contributed by atoms with E-state index in [0.29, 0.717) is 34.5 Å². The second-order valence-electron chi connectivity index (χ2n) is 23.4. The third-order valence-corrected chi connectivity index (χ3v) is 17.2. The summed E-state index contributed by atoms with van der Waals surface area (Å²) in [5.41, 5.74) is 5.47. The first-order chi connectivity index (χ1) is 44.3. The Kier molecular flexibility index (Phi) is 20.8. The van der Waals surface area contributed by atoms with Crippen LogP contribution in [0.15, 0.2) is 106 Å². The van der Waals surface area contributed by atoms with E-state index < -0.39 is 188 Å². The van der Waals surface area contributed by atoms with Gasteiger partial charge in [0.2, 0.25) is 5.91 Å². The van der Waals surface area contributed by atoms with Crippen LogP contribution in [-0.4, -0.2) is 159 Å². The molecule has 6 rings (SSSR count). The van der Waals surface area contributed by atoms with Crippen molar-refractivity contribution in [2.24, 2.45) is 26.8 Å². The van der Waals surface area contributed by atoms with E-state index in [2.05, 4.69) is 10.3 Å². The van der Waals surface area contributed by atoms with Gasteiger partial charge in [0, 0.05) is 91.6 Å². The molecular weight excluding hydrogens is 1450 g/mol. The summed E-state index contributed by atoms with van der Waals surface area (Å²) in [7, 11) is 0. The Hall–Kier alpha value is -6.75. The number of rotatable bonds is 27. The van der Waals surface area contributed by atoms with E-state index in [1.54, 1.807) is 32.9 Å². The number of fused-ring (bicyclic) bond motifs is 5. The van der Waals surface area contributed by atoms with E-state index in [4.69, 9.17) is 9.98 Å². The lowest BCUT2D eigenvalue weighted by Gasteiger charge is -2.43. The number of halogens is 34. The molecule has 5 heterocycles. The third kappa shape index (κ3) is 12.4. The number of ketones is 1. The molecule has 43 heteroatoms. The molecule has 1 fully saturated rings. The predicted molar refractivity (Wildman–Crippen MR) is 274 cm³/mol. The molecule has 0 radical (unpaired) electrons. The van der Waals surface area contributed by atoms with E-state index in [0.717, 1.165) is 11.1 Å². The van der Waals surface area contributed by atoms with Crippen molar-refractivity contribution in [1.29, 1.82) is 0 Å². The van der Waals surface area contributed by atoms with E-state index in [9.17, 15) is 152 Å². The van der Waals surface area contributed by atoms with Crippen molar-refractivity contribution in [3.63, 3.8) is 0 Å². The van der Waals surface area contributed by atoms with Crippen molar-refractivity contribution < 1.29 is 169 Å². The maximum Gasteiger partial charge on any atom is 0.460 e. The third-order valence-electron chi connectivity index (χ3n) is 17.2. The van der Waals surface area contributed by atoms with Gasteiger partial charge in [-0.3, -0.25) is 9.59 Å². The SMILES string of the molecule is CCC1=C(C)C2=NC1=CC1=C(C)C3=C(O)CC(=C4NC(=CC5=NC(=C2)C(CO)=C5C)[C@@H](C)[C@@H]4CCC(=O)CCN(CCCC(F)(F)C(F)(F)C(F)(F)C(F)(F)C(F)(F)C(F)(F)C(F)(F)C(F)(F)F)C(=O)CCC(F)(F)C(F)(F)C(F)(F)C(F)(F)C(F)(F)C(F)(F)C(F)(F)C(F)(F)F)C3=N1. The molecule has 99 heavy (non-hydrogen) atoms. The number of aliphatic hydroxyl groups is 2. The van der Waals surface area contributed by atoms with Crippen molar-refractivity contribution in [2.75, 3.05) is 19.7 Å². The molecule has 0 spiro atoms. The monoisotopic (exact) mass is 1500 g/mol. The first-order valence-electron chi connectivity index (χ1n) is 28.1. The van der Waals surface area contributed by atoms with Gasteiger partial charge in [-0.25, -0.2) is 15.0 Å². The van der Waals surface area contributed by atoms with Crippen molar-refractivity contribution in [3.8, 4) is 0 Å². The molecule has 1 saturated heterocycles. The largest absolute Gasteiger partial charge is 0.511 e. The van der Waals surface area contributed by atoms with Crippen LogP contribution in [-0.2, 0) is 9.59 Å². The van der Waals surface area contributed by atoms with E-state index in [1.807, 2.05) is 6.92 Å². The van der Waals surface area contributed by atoms with Gasteiger partial charge in [0.05, 0.1) is 40.8 Å². The smallest absolute Gasteiger partial charge is 0.460 e. The number of carbonyl (C=O) groups excluding carboxylic acids is 2. The zero-order chi connectivity index (χ0) is 76.6. The first kappa shape index (κ1) is 81.2. The van der Waals surface area contributed by atoms with Crippen LogP contribution in [0.3, 0.4) is 0 Å². The normalized spacial score (nSPS) is 20.3. The van der Waals surface area contributed by atoms with Crippen LogP contribution >= 0.6 is 0 Å². The second kappa shape index (κ2) is 25.3. The zero-order valence-electron chi connectivity index (χ0n) is 50.2. The Morgan fingerprint density at radius 2 is 0.929 bits per heavy atom. The minimum atomic E-state index is -9.16. The molecule has 0 aromatic carbocycles. The summed E-state index contributed by atoms with van der Waals surface area (Å²) in [5, 5.41) is 25.0. The fourth-order valence-electron chi connectivity index (χ4n) is 11.0. The molecule has 3 N–H and O–H groups in total. The Labute approximate surface area is 533 Å². The number of nitrogens with zero attached hydrogens (tertiary/aromatic N) is 4. The summed E-state index contributed by atoms with van der Waals surface area (Å²) in [5.74, 6) is -127. The summed E-state index contributed by atoms with van der Waals surface area (Å²) < 4.78 is 477. The number of carbonyl (C=O) groups is 2. The van der Waals surface area contributed by atoms with Gasteiger partial charge >= 0.3 is 95.3 Å². The van der Waals surface area contributed by atoms with Crippen LogP contribution < -0.4 is 5.32 Å². The Morgan fingerprint density at radius 3 is 1.37 bits per heavy atom. The maximum atomic E-state index is 15.1. The maximum absolute atomic E-state index is 15.1. The van der Waals surface area contributed by atoms with E-state index in [1.165, 1.54) is 13.0 Å². The molecule has 1 amide bonds. The van der Waals surface area contributed by atoms with E-state index >= 15 is 17.6 Å². The molecule has 0 aromatic heterocycles. The van der Waals surface area contributed by atoms with Crippen molar-refractivity contribution in [1.82, 2.24) is 10.2 Å². The lowest BCUT2D eigenvalue weighted by Crippen LogP contribution is -2.74. The molecule has 9 nitrogen and oxygen atoms in total. The highest BCUT2D eigenvalue weighted by Gasteiger charge is 2.97. The lowest BCUT2D eigenvalue weighted by atomic mass is 9.85. The van der Waals surface area contributed by atoms with Gasteiger partial charge in [0.1, 0.15) is 11.5 Å². The molecule has 558 valence electrons. The van der Waals surface area contributed by atoms with Crippen molar-refractivity contribution >= 4 is 28.8 Å². The fraction of sp³-hybridized carbons (Fsp3) is 0.625. The van der Waals surface area contributed by atoms with Gasteiger partial charge in [-0.15, -0.1) is 0 Å². The number of Topliss-reactive ketones (excluding diaryl/α,β-unsaturated/α-hetero) is 1. The number of nitrogens with one attached hydrogen (secondary N) is 1. The number of hydrogen-bond acceptors (Lipinski definition) is 8. The summed E-state index contributed by atoms with van der Waals surface area (Å²) >= 11 is 0. The number of aliphatic imine (C=N–C) groups is 3. The minimum Gasteiger partial charge on any atom is -0.511 e. The van der Waals surface area contributed by atoms with Gasteiger partial charge in [0.15, 0.2) is 0 Å². The molecule has 0 saturated carbocycles. The van der Waals surface area contributed by atoms with Crippen LogP contribution in [0.1, 0.15) is 92.4 Å². The first-order valence-corrected chi connectivity index (χ1v) is 28.1. The quantitative estimate of drug-likeness (QED) is 0.0706. The fourth-order valence-corrected chi connectivity index (χ4v) is 11.0. The van der Waals surface area contributed by atoms with Crippen LogP contribution in [0, 0.1) is 11.8 Å². The Balaban J connectivity index is 1.34. The molecule has 8 bridgehead atoms. The topological polar surface area (TPSA) is 127 Å². The van der Waals surface area contributed by atoms with Crippen molar-refractivity contribution in [2.45, 2.75) is 188 Å². The van der Waals surface area contributed by atoms with Gasteiger partial charge in [0.25, 0.3) is 0 Å². The minimum absolute atomic E-state index is 0.169. The molecule has 0 unspecified atom stereocenters. The molecule has 6 aliphatic rings. The van der Waals surface area contributed by atoms with Crippen LogP contribution in [0.25, 0.3) is 0 Å². The van der Waals surface area contributed by atoms with Gasteiger partial charge in [-0.1, -0.05) is 13.8 Å². The number of allylic oxidation sites excluding steroid dienone is 11. The second-order valence-corrected chi connectivity index (χ2v) is 23.4. The van der Waals surface area contributed by atoms with Gasteiger partial charge in [-0.2, -0.15) is 149 Å². The standard InChI is InChI=1S/C56H47F34N5O4/c1-6-26-21(2)31-18-35-29(20-96)23(4)30(92-35)17-32-22(3)27(39(93-32)28-16-36(98)38-24(5)33(94-40(28)38)19-34(26)91-31)9-8-25(97)11-15-95(14-7-12-41(57,58)43(61,62)45(65,66)47(69,70)49(73,74)51(77,78)53(81,82)55(85,86)87)37(99)10-13-42(59,60)44(63,64)46(67,68)48(71,72)50(75,76)52(79,80)54(83,84)56(88,89)90/h17-19,22,27,93,96,98H,6-16,20H2,1-5H3/t22-,27-/m0/s1. The van der Waals surface area contributed by atoms with Gasteiger partial charge in [-0.05, 0) is 80.6 Å². The summed E-state index contributed by atoms with van der Waals surface area (Å²) in [4.78, 5) is 40.8. The zero-order valence-corrected chi connectivity index (χ0v) is 50.2. The molecule has 2 atom stereocenters. The highest BCUT2D eigenvalue weighted by molar-refractivity contribution is 6.21. The molecule has 5 aliphatic heterocycles. The van der Waals surface area contributed by atoms with E-state index in [-0.39, 0.29) is 57.5 Å². The number of amides is 1. The highest BCUT2D eigenvalue weighted by atomic mass is 19.4. The van der Waals surface area contributed by atoms with Crippen LogP contribution in [0.2, 0.25) is 0 Å². The average Bonchev–Trinajstić information content (AvgIpc) is 1.60. The Bertz CT molecular complexity index is 3640. The Morgan fingerprint density at radius 1 is 0.515 bits per heavy atom. The highest BCUT2D eigenvalue weighted by Crippen LogP contribution is 2.67.